The number of amides is 1. The number of hydrogen-bond donors (Lipinski definition) is 1. The van der Waals surface area contributed by atoms with Crippen LogP contribution in [0.25, 0.3) is 5.76 Å². The molecule has 1 heterocycles. The first-order valence-electron chi connectivity index (χ1n) is 11.0. The van der Waals surface area contributed by atoms with E-state index in [1.165, 1.54) is 4.90 Å². The number of ether oxygens (including phenoxy) is 1. The molecule has 1 amide bonds. The summed E-state index contributed by atoms with van der Waals surface area (Å²) in [6.07, 6.45) is 0. The highest BCUT2D eigenvalue weighted by molar-refractivity contribution is 6.46. The largest absolute Gasteiger partial charge is 0.507 e. The minimum atomic E-state index is -0.786. The quantitative estimate of drug-likeness (QED) is 0.298. The number of nitrogens with zero attached hydrogens (tertiary/aromatic N) is 2. The molecule has 1 aliphatic rings. The second kappa shape index (κ2) is 11.1. The maximum absolute atomic E-state index is 13.1. The van der Waals surface area contributed by atoms with E-state index in [-0.39, 0.29) is 11.3 Å². The second-order valence-corrected chi connectivity index (χ2v) is 8.47. The van der Waals surface area contributed by atoms with E-state index < -0.39 is 17.7 Å². The lowest BCUT2D eigenvalue weighted by atomic mass is 9.95. The predicted molar refractivity (Wildman–Crippen MR) is 131 cm³/mol. The Labute approximate surface area is 204 Å². The number of ketones is 1. The number of likely N-dealkylation sites (tertiary alicyclic amines) is 1. The molecule has 1 atom stereocenters. The molecule has 0 aromatic heterocycles. The topological polar surface area (TPSA) is 70.1 Å². The number of benzene rings is 2. The number of likely N-dealkylation sites (N-methyl/N-ethyl adjacent to an activating group) is 1. The minimum absolute atomic E-state index is 0.0200. The van der Waals surface area contributed by atoms with Crippen LogP contribution in [0.3, 0.4) is 0 Å². The van der Waals surface area contributed by atoms with Crippen LogP contribution in [-0.4, -0.2) is 59.4 Å². The van der Waals surface area contributed by atoms with Gasteiger partial charge in [0.25, 0.3) is 11.7 Å². The van der Waals surface area contributed by atoms with Gasteiger partial charge in [-0.25, -0.2) is 0 Å². The van der Waals surface area contributed by atoms with Gasteiger partial charge in [0.1, 0.15) is 11.5 Å². The molecule has 1 aliphatic heterocycles. The van der Waals surface area contributed by atoms with E-state index in [9.17, 15) is 14.7 Å². The van der Waals surface area contributed by atoms with Crippen molar-refractivity contribution in [3.05, 3.63) is 69.2 Å². The summed E-state index contributed by atoms with van der Waals surface area (Å²) in [7, 11) is 0. The summed E-state index contributed by atoms with van der Waals surface area (Å²) in [5, 5.41) is 11.9. The Morgan fingerprint density at radius 3 is 2.42 bits per heavy atom. The van der Waals surface area contributed by atoms with Gasteiger partial charge in [-0.2, -0.15) is 0 Å². The summed E-state index contributed by atoms with van der Waals surface area (Å²) in [4.78, 5) is 29.9. The number of carbonyl (C=O) groups excluding carboxylic acids is 2. The zero-order valence-electron chi connectivity index (χ0n) is 19.0. The van der Waals surface area contributed by atoms with E-state index in [0.29, 0.717) is 46.6 Å². The fraction of sp³-hybridized carbons (Fsp3) is 0.360. The van der Waals surface area contributed by atoms with Gasteiger partial charge in [-0.3, -0.25) is 9.59 Å². The number of rotatable bonds is 9. The SMILES string of the molecule is CCOc1cccc(C(O)=C2C(=O)C(=O)N(CCN(CC)CC)C2c2ccc(Cl)c(Cl)c2)c1. The van der Waals surface area contributed by atoms with Crippen molar-refractivity contribution >= 4 is 40.7 Å². The van der Waals surface area contributed by atoms with Gasteiger partial charge in [0.05, 0.1) is 28.3 Å². The molecule has 0 aliphatic carbocycles. The highest BCUT2D eigenvalue weighted by Crippen LogP contribution is 2.41. The standard InChI is InChI=1S/C25H28Cl2N2O4/c1-4-28(5-2)12-13-29-22(16-10-11-19(26)20(27)15-16)21(24(31)25(29)32)23(30)17-8-7-9-18(14-17)33-6-3/h7-11,14-15,22,30H,4-6,12-13H2,1-3H3. The fourth-order valence-corrected chi connectivity index (χ4v) is 4.29. The van der Waals surface area contributed by atoms with E-state index in [0.717, 1.165) is 13.1 Å². The van der Waals surface area contributed by atoms with Gasteiger partial charge in [-0.1, -0.05) is 55.2 Å². The number of aliphatic hydroxyl groups excluding tert-OH is 1. The van der Waals surface area contributed by atoms with E-state index in [1.807, 2.05) is 20.8 Å². The second-order valence-electron chi connectivity index (χ2n) is 7.65. The highest BCUT2D eigenvalue weighted by Gasteiger charge is 2.46. The van der Waals surface area contributed by atoms with Gasteiger partial charge in [-0.05, 0) is 49.8 Å². The summed E-state index contributed by atoms with van der Waals surface area (Å²) in [5.74, 6) is -1.08. The first-order valence-corrected chi connectivity index (χ1v) is 11.8. The van der Waals surface area contributed by atoms with Crippen molar-refractivity contribution in [3.63, 3.8) is 0 Å². The maximum Gasteiger partial charge on any atom is 0.295 e. The molecule has 1 fully saturated rings. The molecular weight excluding hydrogens is 463 g/mol. The lowest BCUT2D eigenvalue weighted by Crippen LogP contribution is -2.38. The summed E-state index contributed by atoms with van der Waals surface area (Å²) < 4.78 is 5.52. The van der Waals surface area contributed by atoms with Crippen LogP contribution in [0.4, 0.5) is 0 Å². The van der Waals surface area contributed by atoms with Gasteiger partial charge in [0, 0.05) is 18.7 Å². The molecule has 0 saturated carbocycles. The van der Waals surface area contributed by atoms with Crippen molar-refractivity contribution in [3.8, 4) is 5.75 Å². The lowest BCUT2D eigenvalue weighted by molar-refractivity contribution is -0.140. The van der Waals surface area contributed by atoms with E-state index >= 15 is 0 Å². The van der Waals surface area contributed by atoms with Crippen molar-refractivity contribution in [2.45, 2.75) is 26.8 Å². The van der Waals surface area contributed by atoms with Crippen molar-refractivity contribution in [2.75, 3.05) is 32.8 Å². The molecule has 0 radical (unpaired) electrons. The van der Waals surface area contributed by atoms with Crippen LogP contribution in [0.5, 0.6) is 5.75 Å². The normalized spacial score (nSPS) is 17.8. The molecule has 2 aromatic rings. The average Bonchev–Trinajstić information content (AvgIpc) is 3.06. The number of halogens is 2. The maximum atomic E-state index is 13.1. The third kappa shape index (κ3) is 5.35. The predicted octanol–water partition coefficient (Wildman–Crippen LogP) is 5.16. The Morgan fingerprint density at radius 1 is 1.06 bits per heavy atom. The molecule has 1 N–H and O–H groups in total. The average molecular weight is 491 g/mol. The van der Waals surface area contributed by atoms with Crippen LogP contribution in [0.2, 0.25) is 10.0 Å². The smallest absolute Gasteiger partial charge is 0.295 e. The molecule has 33 heavy (non-hydrogen) atoms. The Balaban J connectivity index is 2.12. The summed E-state index contributed by atoms with van der Waals surface area (Å²) in [5.41, 5.74) is 1.02. The van der Waals surface area contributed by atoms with Gasteiger partial charge in [0.2, 0.25) is 0 Å². The summed E-state index contributed by atoms with van der Waals surface area (Å²) >= 11 is 12.4. The van der Waals surface area contributed by atoms with Crippen LogP contribution < -0.4 is 4.74 Å². The monoisotopic (exact) mass is 490 g/mol. The van der Waals surface area contributed by atoms with Crippen LogP contribution in [0, 0.1) is 0 Å². The Morgan fingerprint density at radius 2 is 1.79 bits per heavy atom. The van der Waals surface area contributed by atoms with Crippen molar-refractivity contribution in [1.29, 1.82) is 0 Å². The van der Waals surface area contributed by atoms with E-state index in [4.69, 9.17) is 27.9 Å². The van der Waals surface area contributed by atoms with Crippen molar-refractivity contribution in [2.24, 2.45) is 0 Å². The minimum Gasteiger partial charge on any atom is -0.507 e. The fourth-order valence-electron chi connectivity index (χ4n) is 3.98. The number of Topliss-reactive ketones (excluding diaryl/α,β-unsaturated/α-hetero) is 1. The number of aliphatic hydroxyl groups is 1. The zero-order chi connectivity index (χ0) is 24.1. The summed E-state index contributed by atoms with van der Waals surface area (Å²) in [6, 6.07) is 11.0. The molecule has 6 nitrogen and oxygen atoms in total. The number of hydrogen-bond acceptors (Lipinski definition) is 5. The molecule has 0 bridgehead atoms. The third-order valence-electron chi connectivity index (χ3n) is 5.77. The molecule has 1 saturated heterocycles. The molecule has 3 rings (SSSR count). The van der Waals surface area contributed by atoms with E-state index in [1.54, 1.807) is 42.5 Å². The van der Waals surface area contributed by atoms with Crippen LogP contribution in [-0.2, 0) is 9.59 Å². The van der Waals surface area contributed by atoms with Crippen molar-refractivity contribution in [1.82, 2.24) is 9.80 Å². The lowest BCUT2D eigenvalue weighted by Gasteiger charge is -2.28. The van der Waals surface area contributed by atoms with Gasteiger partial charge < -0.3 is 19.6 Å². The van der Waals surface area contributed by atoms with Crippen molar-refractivity contribution < 1.29 is 19.4 Å². The Hall–Kier alpha value is -2.54. The number of carbonyl (C=O) groups is 2. The molecule has 1 unspecified atom stereocenters. The Bertz CT molecular complexity index is 1070. The van der Waals surface area contributed by atoms with E-state index in [2.05, 4.69) is 4.90 Å². The summed E-state index contributed by atoms with van der Waals surface area (Å²) in [6.45, 7) is 8.97. The third-order valence-corrected chi connectivity index (χ3v) is 6.51. The first-order chi connectivity index (χ1) is 15.8. The van der Waals surface area contributed by atoms with Gasteiger partial charge in [0.15, 0.2) is 0 Å². The van der Waals surface area contributed by atoms with Crippen LogP contribution in [0.15, 0.2) is 48.0 Å². The molecule has 8 heteroatoms. The Kier molecular flexibility index (Phi) is 8.40. The highest BCUT2D eigenvalue weighted by atomic mass is 35.5. The molecule has 0 spiro atoms. The van der Waals surface area contributed by atoms with Gasteiger partial charge in [-0.15, -0.1) is 0 Å². The van der Waals surface area contributed by atoms with Gasteiger partial charge >= 0.3 is 0 Å². The van der Waals surface area contributed by atoms with Crippen LogP contribution in [0.1, 0.15) is 37.9 Å². The zero-order valence-corrected chi connectivity index (χ0v) is 20.5. The molecule has 176 valence electrons. The molecular formula is C25H28Cl2N2O4. The van der Waals surface area contributed by atoms with Crippen LogP contribution >= 0.6 is 23.2 Å². The molecule has 2 aromatic carbocycles. The first kappa shape index (κ1) is 25.1.